The van der Waals surface area contributed by atoms with Gasteiger partial charge in [-0.15, -0.1) is 0 Å². The number of carbonyl (C=O) groups excluding carboxylic acids is 1. The van der Waals surface area contributed by atoms with Gasteiger partial charge in [-0.25, -0.2) is 4.68 Å². The molecule has 3 aromatic carbocycles. The van der Waals surface area contributed by atoms with Gasteiger partial charge in [0.25, 0.3) is 5.91 Å². The van der Waals surface area contributed by atoms with Crippen molar-refractivity contribution >= 4 is 17.5 Å². The number of amides is 1. The number of nitriles is 1. The van der Waals surface area contributed by atoms with Crippen LogP contribution in [0.4, 0.5) is 0 Å². The predicted molar refractivity (Wildman–Crippen MR) is 135 cm³/mol. The third-order valence-electron chi connectivity index (χ3n) is 5.54. The van der Waals surface area contributed by atoms with Gasteiger partial charge in [0.2, 0.25) is 0 Å². The maximum atomic E-state index is 13.3. The third-order valence-corrected chi connectivity index (χ3v) is 5.86. The van der Waals surface area contributed by atoms with E-state index in [-0.39, 0.29) is 36.6 Å². The zero-order chi connectivity index (χ0) is 25.7. The maximum Gasteiger partial charge on any atom is 0.257 e. The average Bonchev–Trinajstić information content (AvgIpc) is 3.34. The molecule has 0 saturated carbocycles. The molecule has 0 bridgehead atoms. The number of phenols is 2. The summed E-state index contributed by atoms with van der Waals surface area (Å²) in [6, 6.07) is 20.7. The van der Waals surface area contributed by atoms with Crippen LogP contribution in [-0.2, 0) is 6.54 Å². The van der Waals surface area contributed by atoms with E-state index in [1.165, 1.54) is 11.0 Å². The van der Waals surface area contributed by atoms with Crippen LogP contribution in [0.5, 0.6) is 17.2 Å². The molecule has 0 aliphatic rings. The second kappa shape index (κ2) is 10.8. The first-order valence-electron chi connectivity index (χ1n) is 11.1. The Morgan fingerprint density at radius 3 is 2.64 bits per heavy atom. The third kappa shape index (κ3) is 5.11. The van der Waals surface area contributed by atoms with Crippen LogP contribution in [0, 0.1) is 11.3 Å². The van der Waals surface area contributed by atoms with Gasteiger partial charge in [-0.05, 0) is 30.3 Å². The minimum Gasteiger partial charge on any atom is -0.507 e. The van der Waals surface area contributed by atoms with Crippen molar-refractivity contribution in [2.75, 3.05) is 13.7 Å². The zero-order valence-electron chi connectivity index (χ0n) is 19.4. The molecule has 0 spiro atoms. The van der Waals surface area contributed by atoms with Crippen molar-refractivity contribution in [1.29, 1.82) is 5.26 Å². The van der Waals surface area contributed by atoms with Gasteiger partial charge >= 0.3 is 0 Å². The number of halogens is 1. The average molecular weight is 503 g/mol. The van der Waals surface area contributed by atoms with Crippen LogP contribution in [0.3, 0.4) is 0 Å². The van der Waals surface area contributed by atoms with Gasteiger partial charge < -0.3 is 19.8 Å². The Bertz CT molecular complexity index is 1440. The van der Waals surface area contributed by atoms with Crippen LogP contribution in [0.25, 0.3) is 16.9 Å². The Morgan fingerprint density at radius 2 is 1.86 bits per heavy atom. The molecule has 9 heteroatoms. The number of phenolic OH excluding ortho intramolecular Hbond substituents is 2. The molecule has 4 rings (SSSR count). The molecule has 0 unspecified atom stereocenters. The molecule has 36 heavy (non-hydrogen) atoms. The number of benzene rings is 3. The highest BCUT2D eigenvalue weighted by Gasteiger charge is 2.22. The summed E-state index contributed by atoms with van der Waals surface area (Å²) in [5.41, 5.74) is 2.17. The van der Waals surface area contributed by atoms with E-state index in [0.29, 0.717) is 27.7 Å². The summed E-state index contributed by atoms with van der Waals surface area (Å²) in [6.07, 6.45) is 1.81. The standard InChI is InChI=1S/C27H23ClN4O4/c1-31(17-18-7-2-5-10-26(18)36-14-6-12-29)27(35)20-15-19(24(33)16-25(20)34)22-11-13-30-32(22)23-9-4-3-8-21(23)28/h2-5,7-11,13,15-16,33-34H,6,14,17H2,1H3. The number of carbonyl (C=O) groups is 1. The molecule has 0 fully saturated rings. The quantitative estimate of drug-likeness (QED) is 0.321. The van der Waals surface area contributed by atoms with E-state index in [2.05, 4.69) is 5.10 Å². The van der Waals surface area contributed by atoms with E-state index < -0.39 is 5.91 Å². The van der Waals surface area contributed by atoms with Crippen molar-refractivity contribution in [2.45, 2.75) is 13.0 Å². The first-order valence-corrected chi connectivity index (χ1v) is 11.5. The van der Waals surface area contributed by atoms with Crippen molar-refractivity contribution in [1.82, 2.24) is 14.7 Å². The molecular weight excluding hydrogens is 480 g/mol. The number of aromatic nitrogens is 2. The fourth-order valence-electron chi connectivity index (χ4n) is 3.79. The van der Waals surface area contributed by atoms with Crippen LogP contribution < -0.4 is 4.74 Å². The topological polar surface area (TPSA) is 112 Å². The van der Waals surface area contributed by atoms with E-state index in [1.54, 1.807) is 48.3 Å². The summed E-state index contributed by atoms with van der Waals surface area (Å²) in [7, 11) is 1.61. The van der Waals surface area contributed by atoms with Crippen molar-refractivity contribution in [2.24, 2.45) is 0 Å². The van der Waals surface area contributed by atoms with E-state index in [9.17, 15) is 15.0 Å². The molecule has 8 nitrogen and oxygen atoms in total. The minimum atomic E-state index is -0.454. The summed E-state index contributed by atoms with van der Waals surface area (Å²) in [5.74, 6) is -0.441. The molecule has 182 valence electrons. The lowest BCUT2D eigenvalue weighted by Crippen LogP contribution is -2.26. The maximum absolute atomic E-state index is 13.3. The molecule has 0 aliphatic heterocycles. The first-order chi connectivity index (χ1) is 17.4. The number of aromatic hydroxyl groups is 2. The second-order valence-electron chi connectivity index (χ2n) is 7.99. The van der Waals surface area contributed by atoms with Crippen LogP contribution >= 0.6 is 11.6 Å². The summed E-state index contributed by atoms with van der Waals surface area (Å²) in [5, 5.41) is 34.7. The van der Waals surface area contributed by atoms with Crippen LogP contribution in [0.2, 0.25) is 5.02 Å². The molecule has 0 aliphatic carbocycles. The Labute approximate surface area is 213 Å². The van der Waals surface area contributed by atoms with Gasteiger partial charge in [0.05, 0.1) is 40.7 Å². The molecule has 2 N–H and O–H groups in total. The number of hydrogen-bond donors (Lipinski definition) is 2. The Morgan fingerprint density at radius 1 is 1.11 bits per heavy atom. The normalized spacial score (nSPS) is 10.6. The Hall–Kier alpha value is -4.48. The molecule has 0 atom stereocenters. The lowest BCUT2D eigenvalue weighted by Gasteiger charge is -2.20. The molecule has 0 radical (unpaired) electrons. The first kappa shape index (κ1) is 24.6. The number of ether oxygens (including phenoxy) is 1. The SMILES string of the molecule is CN(Cc1ccccc1OCCC#N)C(=O)c1cc(-c2ccnn2-c2ccccc2Cl)c(O)cc1O. The second-order valence-corrected chi connectivity index (χ2v) is 8.40. The van der Waals surface area contributed by atoms with Crippen molar-refractivity contribution < 1.29 is 19.7 Å². The van der Waals surface area contributed by atoms with E-state index in [4.69, 9.17) is 21.6 Å². The van der Waals surface area contributed by atoms with Crippen molar-refractivity contribution in [3.05, 3.63) is 89.1 Å². The molecular formula is C27H23ClN4O4. The molecule has 0 saturated heterocycles. The molecule has 4 aromatic rings. The fraction of sp³-hybridized carbons (Fsp3) is 0.148. The fourth-order valence-corrected chi connectivity index (χ4v) is 4.01. The van der Waals surface area contributed by atoms with Gasteiger partial charge in [0.1, 0.15) is 23.9 Å². The molecule has 1 amide bonds. The zero-order valence-corrected chi connectivity index (χ0v) is 20.2. The summed E-state index contributed by atoms with van der Waals surface area (Å²) < 4.78 is 7.23. The van der Waals surface area contributed by atoms with Crippen molar-refractivity contribution in [3.8, 4) is 40.3 Å². The number of nitrogens with zero attached hydrogens (tertiary/aromatic N) is 4. The van der Waals surface area contributed by atoms with Gasteiger partial charge in [0, 0.05) is 30.8 Å². The largest absolute Gasteiger partial charge is 0.507 e. The van der Waals surface area contributed by atoms with Crippen molar-refractivity contribution in [3.63, 3.8) is 0 Å². The van der Waals surface area contributed by atoms with Gasteiger partial charge in [-0.1, -0.05) is 41.9 Å². The molecule has 1 aromatic heterocycles. The molecule has 1 heterocycles. The lowest BCUT2D eigenvalue weighted by molar-refractivity contribution is 0.0781. The van der Waals surface area contributed by atoms with E-state index in [0.717, 1.165) is 11.6 Å². The van der Waals surface area contributed by atoms with Gasteiger partial charge in [-0.3, -0.25) is 4.79 Å². The highest BCUT2D eigenvalue weighted by atomic mass is 35.5. The van der Waals surface area contributed by atoms with E-state index >= 15 is 0 Å². The van der Waals surface area contributed by atoms with Gasteiger partial charge in [-0.2, -0.15) is 10.4 Å². The lowest BCUT2D eigenvalue weighted by atomic mass is 10.0. The Kier molecular flexibility index (Phi) is 7.42. The Balaban J connectivity index is 1.65. The summed E-state index contributed by atoms with van der Waals surface area (Å²) in [4.78, 5) is 14.8. The summed E-state index contributed by atoms with van der Waals surface area (Å²) >= 11 is 6.34. The highest BCUT2D eigenvalue weighted by Crippen LogP contribution is 2.37. The van der Waals surface area contributed by atoms with E-state index in [1.807, 2.05) is 30.3 Å². The number of rotatable bonds is 8. The van der Waals surface area contributed by atoms with Crippen LogP contribution in [0.1, 0.15) is 22.3 Å². The van der Waals surface area contributed by atoms with Crippen LogP contribution in [0.15, 0.2) is 72.9 Å². The number of para-hydroxylation sites is 2. The monoisotopic (exact) mass is 502 g/mol. The predicted octanol–water partition coefficient (Wildman–Crippen LogP) is 5.17. The summed E-state index contributed by atoms with van der Waals surface area (Å²) in [6.45, 7) is 0.446. The minimum absolute atomic E-state index is 0.0140. The number of hydrogen-bond acceptors (Lipinski definition) is 6. The smallest absolute Gasteiger partial charge is 0.257 e. The van der Waals surface area contributed by atoms with Gasteiger partial charge in [0.15, 0.2) is 0 Å². The highest BCUT2D eigenvalue weighted by molar-refractivity contribution is 6.32. The van der Waals surface area contributed by atoms with Crippen LogP contribution in [-0.4, -0.2) is 44.5 Å².